The van der Waals surface area contributed by atoms with Gasteiger partial charge in [-0.2, -0.15) is 4.37 Å². The summed E-state index contributed by atoms with van der Waals surface area (Å²) in [6.07, 6.45) is 4.52. The number of para-hydroxylation sites is 1. The number of nitrogens with one attached hydrogen (secondary N) is 1. The molecule has 0 saturated heterocycles. The maximum absolute atomic E-state index is 14.3. The Morgan fingerprint density at radius 3 is 2.39 bits per heavy atom. The lowest BCUT2D eigenvalue weighted by atomic mass is 9.99. The second kappa shape index (κ2) is 12.1. The van der Waals surface area contributed by atoms with Crippen molar-refractivity contribution < 1.29 is 19.1 Å². The number of anilines is 2. The van der Waals surface area contributed by atoms with E-state index in [4.69, 9.17) is 16.2 Å². The minimum atomic E-state index is -1.01. The number of carbonyl (C=O) groups is 3. The number of hydrogen-bond donors (Lipinski definition) is 3. The van der Waals surface area contributed by atoms with Gasteiger partial charge < -0.3 is 21.5 Å². The first-order valence-electron chi connectivity index (χ1n) is 12.8. The normalized spacial score (nSPS) is 14.2. The summed E-state index contributed by atoms with van der Waals surface area (Å²) in [7, 11) is 0. The van der Waals surface area contributed by atoms with Gasteiger partial charge in [0.05, 0.1) is 12.3 Å². The molecule has 3 amide bonds. The Morgan fingerprint density at radius 2 is 1.79 bits per heavy atom. The van der Waals surface area contributed by atoms with Crippen molar-refractivity contribution in [2.75, 3.05) is 17.2 Å². The predicted octanol–water partition coefficient (Wildman–Crippen LogP) is 4.23. The minimum absolute atomic E-state index is 0.0426. The number of primary amides is 1. The molecule has 38 heavy (non-hydrogen) atoms. The Kier molecular flexibility index (Phi) is 8.62. The maximum Gasteiger partial charge on any atom is 0.273 e. The lowest BCUT2D eigenvalue weighted by Gasteiger charge is -2.33. The van der Waals surface area contributed by atoms with Gasteiger partial charge in [-0.3, -0.25) is 19.3 Å². The van der Waals surface area contributed by atoms with E-state index in [2.05, 4.69) is 9.69 Å². The fourth-order valence-corrected chi connectivity index (χ4v) is 5.57. The van der Waals surface area contributed by atoms with Crippen LogP contribution < -0.4 is 26.4 Å². The third kappa shape index (κ3) is 5.65. The number of nitrogen functional groups attached to an aromatic ring is 1. The number of rotatable bonds is 10. The Morgan fingerprint density at radius 1 is 1.11 bits per heavy atom. The van der Waals surface area contributed by atoms with Gasteiger partial charge in [0.2, 0.25) is 5.91 Å². The molecule has 0 bridgehead atoms. The molecule has 1 aliphatic rings. The van der Waals surface area contributed by atoms with Crippen LogP contribution >= 0.6 is 11.5 Å². The molecule has 4 rings (SSSR count). The van der Waals surface area contributed by atoms with Gasteiger partial charge >= 0.3 is 0 Å². The Labute approximate surface area is 226 Å². The lowest BCUT2D eigenvalue weighted by molar-refractivity contribution is -0.123. The number of hydrogen-bond acceptors (Lipinski definition) is 7. The summed E-state index contributed by atoms with van der Waals surface area (Å²) in [5.74, 6) is -0.983. The van der Waals surface area contributed by atoms with Gasteiger partial charge in [0.1, 0.15) is 16.7 Å². The molecule has 0 radical (unpaired) electrons. The maximum atomic E-state index is 14.3. The molecule has 1 atom stereocenters. The number of nitrogens with zero attached hydrogens (tertiary/aromatic N) is 2. The third-order valence-electron chi connectivity index (χ3n) is 6.72. The van der Waals surface area contributed by atoms with E-state index in [0.29, 0.717) is 30.0 Å². The molecule has 1 fully saturated rings. The number of amides is 3. The predicted molar refractivity (Wildman–Crippen MR) is 148 cm³/mol. The summed E-state index contributed by atoms with van der Waals surface area (Å²) in [6.45, 7) is 4.39. The number of carbonyl (C=O) groups excluding carboxylic acids is 3. The molecule has 0 spiro atoms. The molecule has 10 heteroatoms. The van der Waals surface area contributed by atoms with Crippen molar-refractivity contribution in [1.82, 2.24) is 9.69 Å². The molecule has 0 aliphatic heterocycles. The molecule has 9 nitrogen and oxygen atoms in total. The van der Waals surface area contributed by atoms with Crippen LogP contribution in [0.4, 0.5) is 11.4 Å². The van der Waals surface area contributed by atoms with Crippen molar-refractivity contribution in [2.45, 2.75) is 58.0 Å². The highest BCUT2D eigenvalue weighted by atomic mass is 32.1. The summed E-state index contributed by atoms with van der Waals surface area (Å²) in [5, 5.41) is 3.17. The summed E-state index contributed by atoms with van der Waals surface area (Å²) >= 11 is 0.797. The van der Waals surface area contributed by atoms with Crippen LogP contribution in [0.3, 0.4) is 0 Å². The zero-order valence-electron chi connectivity index (χ0n) is 21.6. The highest BCUT2D eigenvalue weighted by molar-refractivity contribution is 7.09. The molecule has 2 aromatic carbocycles. The lowest BCUT2D eigenvalue weighted by Crippen LogP contribution is -2.46. The zero-order chi connectivity index (χ0) is 27.2. The summed E-state index contributed by atoms with van der Waals surface area (Å²) in [6, 6.07) is 13.6. The molecule has 200 valence electrons. The van der Waals surface area contributed by atoms with Crippen molar-refractivity contribution in [3.05, 3.63) is 70.2 Å². The first-order valence-corrected chi connectivity index (χ1v) is 13.6. The van der Waals surface area contributed by atoms with E-state index >= 15 is 0 Å². The average Bonchev–Trinajstić information content (AvgIpc) is 3.57. The fourth-order valence-electron chi connectivity index (χ4n) is 4.83. The molecular formula is C28H33N5O4S. The minimum Gasteiger partial charge on any atom is -0.494 e. The van der Waals surface area contributed by atoms with E-state index in [1.165, 1.54) is 4.90 Å². The number of aromatic nitrogens is 1. The zero-order valence-corrected chi connectivity index (χ0v) is 22.4. The van der Waals surface area contributed by atoms with Crippen LogP contribution in [0.15, 0.2) is 48.5 Å². The van der Waals surface area contributed by atoms with Crippen LogP contribution in [0, 0.1) is 0 Å². The number of ether oxygens (including phenoxy) is 1. The molecular weight excluding hydrogens is 502 g/mol. The molecule has 1 heterocycles. The van der Waals surface area contributed by atoms with Crippen molar-refractivity contribution in [2.24, 2.45) is 5.73 Å². The topological polar surface area (TPSA) is 141 Å². The van der Waals surface area contributed by atoms with Gasteiger partial charge in [0.25, 0.3) is 11.8 Å². The Bertz CT molecular complexity index is 1300. The highest BCUT2D eigenvalue weighted by Crippen LogP contribution is 2.36. The molecule has 1 aromatic heterocycles. The van der Waals surface area contributed by atoms with Crippen LogP contribution in [0.2, 0.25) is 0 Å². The third-order valence-corrected chi connectivity index (χ3v) is 7.57. The van der Waals surface area contributed by atoms with Gasteiger partial charge in [-0.25, -0.2) is 0 Å². The van der Waals surface area contributed by atoms with Crippen LogP contribution in [0.1, 0.15) is 76.9 Å². The standard InChI is InChI=1S/C28H33N5O4S/c1-3-17-9-5-8-12-21(17)33(28(36)25-22(29)23(26(30)34)32-38-25)24(27(35)31-19-10-6-7-11-19)18-13-15-20(16-14-18)37-4-2/h5,8-9,12-16,19,24H,3-4,6-7,10-11,29H2,1-2H3,(H2,30,34)(H,31,35). The van der Waals surface area contributed by atoms with Crippen molar-refractivity contribution >= 4 is 40.6 Å². The second-order valence-electron chi connectivity index (χ2n) is 9.19. The molecule has 3 aromatic rings. The number of nitrogens with two attached hydrogens (primary N) is 2. The van der Waals surface area contributed by atoms with E-state index in [9.17, 15) is 14.4 Å². The number of benzene rings is 2. The number of aryl methyl sites for hydroxylation is 1. The highest BCUT2D eigenvalue weighted by Gasteiger charge is 2.37. The van der Waals surface area contributed by atoms with Gasteiger partial charge in [0.15, 0.2) is 5.69 Å². The van der Waals surface area contributed by atoms with E-state index in [1.54, 1.807) is 24.3 Å². The van der Waals surface area contributed by atoms with E-state index in [-0.39, 0.29) is 28.2 Å². The molecule has 1 saturated carbocycles. The van der Waals surface area contributed by atoms with E-state index in [1.807, 2.05) is 38.1 Å². The summed E-state index contributed by atoms with van der Waals surface area (Å²) in [5.41, 5.74) is 13.4. The smallest absolute Gasteiger partial charge is 0.273 e. The van der Waals surface area contributed by atoms with E-state index in [0.717, 1.165) is 42.8 Å². The molecule has 1 unspecified atom stereocenters. The van der Waals surface area contributed by atoms with Crippen LogP contribution in [0.5, 0.6) is 5.75 Å². The monoisotopic (exact) mass is 535 g/mol. The van der Waals surface area contributed by atoms with Gasteiger partial charge in [-0.05, 0) is 67.0 Å². The van der Waals surface area contributed by atoms with Gasteiger partial charge in [0, 0.05) is 11.7 Å². The van der Waals surface area contributed by atoms with Crippen molar-refractivity contribution in [3.8, 4) is 5.75 Å². The second-order valence-corrected chi connectivity index (χ2v) is 9.96. The van der Waals surface area contributed by atoms with Gasteiger partial charge in [-0.15, -0.1) is 0 Å². The van der Waals surface area contributed by atoms with E-state index < -0.39 is 17.9 Å². The first kappa shape index (κ1) is 27.1. The van der Waals surface area contributed by atoms with Crippen LogP contribution in [0.25, 0.3) is 0 Å². The van der Waals surface area contributed by atoms with Gasteiger partial charge in [-0.1, -0.05) is 50.1 Å². The largest absolute Gasteiger partial charge is 0.494 e. The average molecular weight is 536 g/mol. The van der Waals surface area contributed by atoms with Crippen molar-refractivity contribution in [3.63, 3.8) is 0 Å². The Balaban J connectivity index is 1.87. The van der Waals surface area contributed by atoms with Crippen molar-refractivity contribution in [1.29, 1.82) is 0 Å². The molecule has 1 aliphatic carbocycles. The molecule has 5 N–H and O–H groups in total. The Hall–Kier alpha value is -3.92. The van der Waals surface area contributed by atoms with Crippen LogP contribution in [-0.4, -0.2) is 34.7 Å². The van der Waals surface area contributed by atoms with Crippen LogP contribution in [-0.2, 0) is 11.2 Å². The fraction of sp³-hybridized carbons (Fsp3) is 0.357. The SMILES string of the molecule is CCOc1ccc(C(C(=O)NC2CCCC2)N(C(=O)c2snc(C(N)=O)c2N)c2ccccc2CC)cc1. The summed E-state index contributed by atoms with van der Waals surface area (Å²) in [4.78, 5) is 41.6. The quantitative estimate of drug-likeness (QED) is 0.355. The summed E-state index contributed by atoms with van der Waals surface area (Å²) < 4.78 is 9.62. The first-order chi connectivity index (χ1) is 18.3.